The summed E-state index contributed by atoms with van der Waals surface area (Å²) in [5.41, 5.74) is 2.01. The van der Waals surface area contributed by atoms with Crippen molar-refractivity contribution in [2.24, 2.45) is 5.92 Å². The van der Waals surface area contributed by atoms with Crippen molar-refractivity contribution in [2.75, 3.05) is 9.96 Å². The zero-order valence-electron chi connectivity index (χ0n) is 15.9. The number of hydrogen-bond acceptors (Lipinski definition) is 4. The Bertz CT molecular complexity index is 1190. The first-order chi connectivity index (χ1) is 15.0. The Hall–Kier alpha value is -2.38. The normalized spacial score (nSPS) is 22.9. The van der Waals surface area contributed by atoms with Gasteiger partial charge in [0, 0.05) is 4.47 Å². The maximum Gasteiger partial charge on any atom is 0.266 e. The first kappa shape index (κ1) is 20.5. The molecule has 2 amide bonds. The molecule has 31 heavy (non-hydrogen) atoms. The summed E-state index contributed by atoms with van der Waals surface area (Å²) >= 11 is 15.6. The molecule has 2 saturated heterocycles. The van der Waals surface area contributed by atoms with Crippen LogP contribution < -0.4 is 9.96 Å². The average molecular weight is 518 g/mol. The van der Waals surface area contributed by atoms with Crippen LogP contribution in [0.4, 0.5) is 11.4 Å². The Morgan fingerprint density at radius 2 is 1.58 bits per heavy atom. The van der Waals surface area contributed by atoms with Crippen LogP contribution in [-0.4, -0.2) is 17.9 Å². The number of halogens is 3. The molecular weight excluding hydrogens is 503 g/mol. The molecule has 0 bridgehead atoms. The van der Waals surface area contributed by atoms with Gasteiger partial charge in [0.1, 0.15) is 5.92 Å². The summed E-state index contributed by atoms with van der Waals surface area (Å²) in [4.78, 5) is 34.1. The van der Waals surface area contributed by atoms with E-state index in [4.69, 9.17) is 28.0 Å². The zero-order chi connectivity index (χ0) is 21.7. The van der Waals surface area contributed by atoms with Crippen molar-refractivity contribution in [3.8, 4) is 0 Å². The predicted molar refractivity (Wildman–Crippen MR) is 123 cm³/mol. The monoisotopic (exact) mass is 516 g/mol. The second-order valence-corrected chi connectivity index (χ2v) is 9.05. The Morgan fingerprint density at radius 1 is 0.806 bits per heavy atom. The quantitative estimate of drug-likeness (QED) is 0.411. The van der Waals surface area contributed by atoms with E-state index < -0.39 is 24.0 Å². The molecule has 0 aromatic heterocycles. The van der Waals surface area contributed by atoms with Crippen molar-refractivity contribution < 1.29 is 14.4 Å². The van der Waals surface area contributed by atoms with Crippen LogP contribution in [0.5, 0.6) is 0 Å². The van der Waals surface area contributed by atoms with Gasteiger partial charge in [-0.1, -0.05) is 69.5 Å². The van der Waals surface area contributed by atoms with Gasteiger partial charge in [0.15, 0.2) is 6.10 Å². The van der Waals surface area contributed by atoms with Gasteiger partial charge in [-0.3, -0.25) is 14.4 Å². The second kappa shape index (κ2) is 7.95. The van der Waals surface area contributed by atoms with Crippen LogP contribution in [0, 0.1) is 5.92 Å². The first-order valence-electron chi connectivity index (χ1n) is 9.55. The molecule has 5 nitrogen and oxygen atoms in total. The van der Waals surface area contributed by atoms with E-state index in [9.17, 15) is 9.59 Å². The summed E-state index contributed by atoms with van der Waals surface area (Å²) in [6, 6.07) is 21.3. The minimum Gasteiger partial charge on any atom is -0.273 e. The maximum atomic E-state index is 13.6. The van der Waals surface area contributed by atoms with E-state index in [2.05, 4.69) is 15.9 Å². The van der Waals surface area contributed by atoms with Gasteiger partial charge in [0.05, 0.1) is 27.5 Å². The maximum absolute atomic E-state index is 13.6. The first-order valence-corrected chi connectivity index (χ1v) is 11.1. The van der Waals surface area contributed by atoms with E-state index >= 15 is 0 Å². The third-order valence-electron chi connectivity index (χ3n) is 5.48. The van der Waals surface area contributed by atoms with Crippen LogP contribution in [0.25, 0.3) is 0 Å². The lowest BCUT2D eigenvalue weighted by Gasteiger charge is -2.29. The molecule has 2 heterocycles. The Kier molecular flexibility index (Phi) is 5.26. The minimum absolute atomic E-state index is 0.271. The molecule has 2 aliphatic heterocycles. The lowest BCUT2D eigenvalue weighted by molar-refractivity contribution is -0.126. The van der Waals surface area contributed by atoms with Crippen LogP contribution in [-0.2, 0) is 14.4 Å². The number of para-hydroxylation sites is 1. The van der Waals surface area contributed by atoms with E-state index in [1.165, 1.54) is 6.07 Å². The lowest BCUT2D eigenvalue weighted by atomic mass is 9.90. The molecule has 0 spiro atoms. The third kappa shape index (κ3) is 3.44. The van der Waals surface area contributed by atoms with Crippen LogP contribution in [0.1, 0.15) is 11.6 Å². The van der Waals surface area contributed by atoms with E-state index in [1.807, 2.05) is 54.6 Å². The van der Waals surface area contributed by atoms with Crippen molar-refractivity contribution in [3.63, 3.8) is 0 Å². The number of benzene rings is 3. The highest BCUT2D eigenvalue weighted by Gasteiger charge is 2.60. The Morgan fingerprint density at radius 3 is 2.29 bits per heavy atom. The van der Waals surface area contributed by atoms with Crippen molar-refractivity contribution in [3.05, 3.63) is 92.9 Å². The molecule has 0 radical (unpaired) electrons. The van der Waals surface area contributed by atoms with Crippen molar-refractivity contribution in [1.82, 2.24) is 0 Å². The van der Waals surface area contributed by atoms with E-state index in [1.54, 1.807) is 17.2 Å². The molecule has 3 atom stereocenters. The summed E-state index contributed by atoms with van der Waals surface area (Å²) in [6.45, 7) is 0. The predicted octanol–water partition coefficient (Wildman–Crippen LogP) is 5.81. The molecule has 3 aromatic carbocycles. The number of hydroxylamine groups is 1. The number of anilines is 2. The van der Waals surface area contributed by atoms with E-state index in [-0.39, 0.29) is 10.9 Å². The molecule has 0 aliphatic carbocycles. The standard InChI is InChI=1S/C23H15BrCl2N2O3/c24-14-6-4-5-13(11-14)20-19-21(31-28(20)15-7-2-1-3-8-15)23(30)27(22(19)29)16-9-10-17(25)18(26)12-16/h1-12,19-21H. The summed E-state index contributed by atoms with van der Waals surface area (Å²) in [5, 5.41) is 2.29. The molecule has 2 aliphatic rings. The smallest absolute Gasteiger partial charge is 0.266 e. The third-order valence-corrected chi connectivity index (χ3v) is 6.71. The topological polar surface area (TPSA) is 49.9 Å². The van der Waals surface area contributed by atoms with Crippen LogP contribution in [0.15, 0.2) is 77.3 Å². The van der Waals surface area contributed by atoms with Gasteiger partial charge in [-0.25, -0.2) is 9.96 Å². The summed E-state index contributed by atoms with van der Waals surface area (Å²) < 4.78 is 0.875. The minimum atomic E-state index is -0.939. The number of imide groups is 1. The van der Waals surface area contributed by atoms with Gasteiger partial charge in [0.2, 0.25) is 5.91 Å². The van der Waals surface area contributed by atoms with Gasteiger partial charge >= 0.3 is 0 Å². The van der Waals surface area contributed by atoms with Gasteiger partial charge in [0.25, 0.3) is 5.91 Å². The SMILES string of the molecule is O=C1C2ON(c3ccccc3)C(c3cccc(Br)c3)C2C(=O)N1c1ccc(Cl)c(Cl)c1. The summed E-state index contributed by atoms with van der Waals surface area (Å²) in [7, 11) is 0. The van der Waals surface area contributed by atoms with Gasteiger partial charge in [-0.15, -0.1) is 0 Å². The van der Waals surface area contributed by atoms with Crippen LogP contribution in [0.3, 0.4) is 0 Å². The van der Waals surface area contributed by atoms with Crippen LogP contribution >= 0.6 is 39.1 Å². The molecule has 156 valence electrons. The molecule has 5 rings (SSSR count). The van der Waals surface area contributed by atoms with E-state index in [0.29, 0.717) is 10.7 Å². The second-order valence-electron chi connectivity index (χ2n) is 7.32. The average Bonchev–Trinajstić information content (AvgIpc) is 3.27. The van der Waals surface area contributed by atoms with Crippen LogP contribution in [0.2, 0.25) is 10.0 Å². The summed E-state index contributed by atoms with van der Waals surface area (Å²) in [5.74, 6) is -1.47. The molecule has 3 unspecified atom stereocenters. The molecule has 8 heteroatoms. The van der Waals surface area contributed by atoms with Gasteiger partial charge in [-0.2, -0.15) is 0 Å². The number of rotatable bonds is 3. The van der Waals surface area contributed by atoms with Gasteiger partial charge < -0.3 is 0 Å². The Balaban J connectivity index is 1.59. The lowest BCUT2D eigenvalue weighted by Crippen LogP contribution is -2.37. The van der Waals surface area contributed by atoms with E-state index in [0.717, 1.165) is 20.6 Å². The largest absolute Gasteiger partial charge is 0.273 e. The number of hydrogen-bond donors (Lipinski definition) is 0. The molecule has 3 aromatic rings. The molecule has 0 N–H and O–H groups in total. The highest BCUT2D eigenvalue weighted by atomic mass is 79.9. The highest BCUT2D eigenvalue weighted by Crippen LogP contribution is 2.48. The fraction of sp³-hybridized carbons (Fsp3) is 0.130. The van der Waals surface area contributed by atoms with Crippen molar-refractivity contribution in [2.45, 2.75) is 12.1 Å². The molecule has 0 saturated carbocycles. The number of carbonyl (C=O) groups excluding carboxylic acids is 2. The van der Waals surface area contributed by atoms with Gasteiger partial charge in [-0.05, 0) is 48.0 Å². The summed E-state index contributed by atoms with van der Waals surface area (Å²) in [6.07, 6.45) is -0.939. The fourth-order valence-corrected chi connectivity index (χ4v) is 4.83. The zero-order valence-corrected chi connectivity index (χ0v) is 19.0. The fourth-order valence-electron chi connectivity index (χ4n) is 4.12. The number of amides is 2. The molecular formula is C23H15BrCl2N2O3. The number of nitrogens with zero attached hydrogens (tertiary/aromatic N) is 2. The van der Waals surface area contributed by atoms with Crippen molar-refractivity contribution in [1.29, 1.82) is 0 Å². The van der Waals surface area contributed by atoms with Crippen molar-refractivity contribution >= 4 is 62.3 Å². The number of carbonyl (C=O) groups is 2. The molecule has 2 fully saturated rings. The number of fused-ring (bicyclic) bond motifs is 1. The Labute approximate surface area is 197 Å². The highest BCUT2D eigenvalue weighted by molar-refractivity contribution is 9.10.